The average molecular weight is 464 g/mol. The highest BCUT2D eigenvalue weighted by Crippen LogP contribution is 2.36. The molecule has 6 nitrogen and oxygen atoms in total. The molecule has 3 heterocycles. The van der Waals surface area contributed by atoms with Gasteiger partial charge in [-0.15, -0.1) is 11.3 Å². The zero-order valence-electron chi connectivity index (χ0n) is 18.8. The lowest BCUT2D eigenvalue weighted by molar-refractivity contribution is 0.0719. The number of hydrogen-bond acceptors (Lipinski definition) is 4. The van der Waals surface area contributed by atoms with Crippen LogP contribution in [0.5, 0.6) is 0 Å². The fourth-order valence-corrected chi connectivity index (χ4v) is 7.95. The number of carbonyl (C=O) groups is 1. The maximum Gasteiger partial charge on any atom is 0.257 e. The predicted octanol–water partition coefficient (Wildman–Crippen LogP) is 4.46. The number of piperidine rings is 1. The zero-order chi connectivity index (χ0) is 22.2. The van der Waals surface area contributed by atoms with Crippen LogP contribution >= 0.6 is 11.3 Å². The van der Waals surface area contributed by atoms with Crippen molar-refractivity contribution in [2.45, 2.75) is 76.3 Å². The largest absolute Gasteiger partial charge is 0.350 e. The first kappa shape index (κ1) is 22.6. The van der Waals surface area contributed by atoms with E-state index in [4.69, 9.17) is 0 Å². The van der Waals surface area contributed by atoms with E-state index in [1.54, 1.807) is 15.6 Å². The van der Waals surface area contributed by atoms with Crippen LogP contribution in [0.2, 0.25) is 0 Å². The van der Waals surface area contributed by atoms with Gasteiger partial charge in [0.2, 0.25) is 10.0 Å². The number of amides is 1. The molecule has 2 aliphatic rings. The van der Waals surface area contributed by atoms with Crippen molar-refractivity contribution >= 4 is 27.3 Å². The molecule has 4 rings (SSSR count). The normalized spacial score (nSPS) is 18.3. The Labute approximate surface area is 189 Å². The van der Waals surface area contributed by atoms with Crippen molar-refractivity contribution in [3.63, 3.8) is 0 Å². The van der Waals surface area contributed by atoms with Crippen LogP contribution in [-0.4, -0.2) is 47.2 Å². The van der Waals surface area contributed by atoms with E-state index < -0.39 is 10.0 Å². The quantitative estimate of drug-likeness (QED) is 0.635. The van der Waals surface area contributed by atoms with Crippen LogP contribution in [0.3, 0.4) is 0 Å². The standard InChI is InChI=1S/C23H33N3O3S2/c1-17-21(23(27)25-13-7-4-8-14-25)22(18(2)24(17)3)31(28,29)26(19-10-5-6-11-19)16-20-12-9-15-30-20/h9,12,15,19H,4-8,10-11,13-14,16H2,1-3H3. The van der Waals surface area contributed by atoms with Crippen molar-refractivity contribution in [3.05, 3.63) is 39.3 Å². The Morgan fingerprint density at radius 1 is 1.10 bits per heavy atom. The molecular weight excluding hydrogens is 430 g/mol. The van der Waals surface area contributed by atoms with Gasteiger partial charge in [0.1, 0.15) is 4.90 Å². The molecule has 1 amide bonds. The zero-order valence-corrected chi connectivity index (χ0v) is 20.4. The van der Waals surface area contributed by atoms with E-state index in [1.165, 1.54) is 0 Å². The predicted molar refractivity (Wildman–Crippen MR) is 124 cm³/mol. The minimum absolute atomic E-state index is 0.00930. The SMILES string of the molecule is Cc1c(C(=O)N2CCCCC2)c(S(=O)(=O)N(Cc2cccs2)C2CCCC2)c(C)n1C. The summed E-state index contributed by atoms with van der Waals surface area (Å²) in [5.41, 5.74) is 1.75. The number of carbonyl (C=O) groups excluding carboxylic acids is 1. The number of sulfonamides is 1. The van der Waals surface area contributed by atoms with Crippen LogP contribution in [0, 0.1) is 13.8 Å². The van der Waals surface area contributed by atoms with Gasteiger partial charge in [-0.05, 0) is 57.4 Å². The van der Waals surface area contributed by atoms with Crippen LogP contribution in [-0.2, 0) is 23.6 Å². The summed E-state index contributed by atoms with van der Waals surface area (Å²) in [7, 11) is -1.98. The molecule has 2 aromatic heterocycles. The first-order chi connectivity index (χ1) is 14.8. The molecular formula is C23H33N3O3S2. The minimum Gasteiger partial charge on any atom is -0.350 e. The van der Waals surface area contributed by atoms with Crippen molar-refractivity contribution in [2.75, 3.05) is 13.1 Å². The fourth-order valence-electron chi connectivity index (χ4n) is 5.02. The molecule has 0 atom stereocenters. The Hall–Kier alpha value is -1.64. The van der Waals surface area contributed by atoms with Crippen molar-refractivity contribution < 1.29 is 13.2 Å². The maximum atomic E-state index is 14.2. The molecule has 0 unspecified atom stereocenters. The summed E-state index contributed by atoms with van der Waals surface area (Å²) < 4.78 is 31.9. The van der Waals surface area contributed by atoms with Crippen LogP contribution in [0.25, 0.3) is 0 Å². The molecule has 1 saturated heterocycles. The summed E-state index contributed by atoms with van der Waals surface area (Å²) in [6.45, 7) is 5.46. The Kier molecular flexibility index (Phi) is 6.60. The molecule has 2 fully saturated rings. The molecule has 0 N–H and O–H groups in total. The summed E-state index contributed by atoms with van der Waals surface area (Å²) in [4.78, 5) is 16.6. The van der Waals surface area contributed by atoms with E-state index >= 15 is 0 Å². The maximum absolute atomic E-state index is 14.2. The van der Waals surface area contributed by atoms with Gasteiger partial charge in [-0.25, -0.2) is 8.42 Å². The third-order valence-electron chi connectivity index (χ3n) is 6.97. The number of thiophene rings is 1. The molecule has 2 aromatic rings. The minimum atomic E-state index is -3.84. The summed E-state index contributed by atoms with van der Waals surface area (Å²) >= 11 is 1.58. The number of aromatic nitrogens is 1. The molecule has 0 bridgehead atoms. The lowest BCUT2D eigenvalue weighted by Crippen LogP contribution is -2.40. The van der Waals surface area contributed by atoms with Gasteiger partial charge in [0.05, 0.1) is 5.56 Å². The van der Waals surface area contributed by atoms with Gasteiger partial charge < -0.3 is 9.47 Å². The summed E-state index contributed by atoms with van der Waals surface area (Å²) in [6.07, 6.45) is 6.94. The van der Waals surface area contributed by atoms with Gasteiger partial charge in [0.15, 0.2) is 0 Å². The third kappa shape index (κ3) is 4.22. The molecule has 1 aliphatic heterocycles. The van der Waals surface area contributed by atoms with Gasteiger partial charge in [-0.1, -0.05) is 18.9 Å². The average Bonchev–Trinajstić information content (AvgIpc) is 3.51. The lowest BCUT2D eigenvalue weighted by Gasteiger charge is -2.30. The second-order valence-electron chi connectivity index (χ2n) is 8.85. The fraction of sp³-hybridized carbons (Fsp3) is 0.609. The second kappa shape index (κ2) is 9.08. The van der Waals surface area contributed by atoms with Crippen molar-refractivity contribution in [2.24, 2.45) is 7.05 Å². The molecule has 0 spiro atoms. The summed E-state index contributed by atoms with van der Waals surface area (Å²) in [5, 5.41) is 1.98. The highest BCUT2D eigenvalue weighted by Gasteiger charge is 2.40. The smallest absolute Gasteiger partial charge is 0.257 e. The highest BCUT2D eigenvalue weighted by atomic mass is 32.2. The Balaban J connectivity index is 1.80. The van der Waals surface area contributed by atoms with E-state index in [9.17, 15) is 13.2 Å². The molecule has 0 aromatic carbocycles. The lowest BCUT2D eigenvalue weighted by atomic mass is 10.1. The highest BCUT2D eigenvalue weighted by molar-refractivity contribution is 7.89. The van der Waals surface area contributed by atoms with Gasteiger partial charge >= 0.3 is 0 Å². The Morgan fingerprint density at radius 2 is 1.77 bits per heavy atom. The number of likely N-dealkylation sites (tertiary alicyclic amines) is 1. The molecule has 0 radical (unpaired) electrons. The number of hydrogen-bond donors (Lipinski definition) is 0. The second-order valence-corrected chi connectivity index (χ2v) is 11.7. The molecule has 31 heavy (non-hydrogen) atoms. The van der Waals surface area contributed by atoms with Crippen LogP contribution in [0.4, 0.5) is 0 Å². The molecule has 8 heteroatoms. The van der Waals surface area contributed by atoms with E-state index in [2.05, 4.69) is 0 Å². The van der Waals surface area contributed by atoms with Crippen molar-refractivity contribution in [3.8, 4) is 0 Å². The van der Waals surface area contributed by atoms with Crippen molar-refractivity contribution in [1.29, 1.82) is 0 Å². The van der Waals surface area contributed by atoms with Gasteiger partial charge in [-0.2, -0.15) is 4.31 Å². The van der Waals surface area contributed by atoms with Gasteiger partial charge in [0.25, 0.3) is 5.91 Å². The van der Waals surface area contributed by atoms with Crippen LogP contribution < -0.4 is 0 Å². The topological polar surface area (TPSA) is 62.6 Å². The van der Waals surface area contributed by atoms with E-state index in [-0.39, 0.29) is 16.8 Å². The number of nitrogens with zero attached hydrogens (tertiary/aromatic N) is 3. The molecule has 1 saturated carbocycles. The van der Waals surface area contributed by atoms with Crippen LogP contribution in [0.1, 0.15) is 71.6 Å². The third-order valence-corrected chi connectivity index (χ3v) is 9.89. The van der Waals surface area contributed by atoms with Crippen LogP contribution in [0.15, 0.2) is 22.4 Å². The first-order valence-corrected chi connectivity index (χ1v) is 13.6. The van der Waals surface area contributed by atoms with Gasteiger partial charge in [0, 0.05) is 49.0 Å². The van der Waals surface area contributed by atoms with Crippen molar-refractivity contribution in [1.82, 2.24) is 13.8 Å². The molecule has 1 aliphatic carbocycles. The van der Waals surface area contributed by atoms with E-state index in [1.807, 2.05) is 47.9 Å². The molecule has 170 valence electrons. The Morgan fingerprint density at radius 3 is 2.39 bits per heavy atom. The monoisotopic (exact) mass is 463 g/mol. The van der Waals surface area contributed by atoms with Gasteiger partial charge in [-0.3, -0.25) is 4.79 Å². The Bertz CT molecular complexity index is 1030. The van der Waals surface area contributed by atoms with E-state index in [0.717, 1.165) is 55.5 Å². The summed E-state index contributed by atoms with van der Waals surface area (Å²) in [5.74, 6) is -0.137. The summed E-state index contributed by atoms with van der Waals surface area (Å²) in [6, 6.07) is 3.94. The van der Waals surface area contributed by atoms with E-state index in [0.29, 0.717) is 30.9 Å². The first-order valence-electron chi connectivity index (χ1n) is 11.3. The number of rotatable bonds is 6.